The van der Waals surface area contributed by atoms with Crippen molar-refractivity contribution in [1.82, 2.24) is 0 Å². The molecule has 2 rings (SSSR count). The van der Waals surface area contributed by atoms with Crippen molar-refractivity contribution < 1.29 is 31.5 Å². The van der Waals surface area contributed by atoms with Crippen LogP contribution in [0, 0.1) is 17.6 Å². The number of carbonyl (C=O) groups excluding carboxylic acids is 1. The Labute approximate surface area is 119 Å². The number of rotatable bonds is 4. The summed E-state index contributed by atoms with van der Waals surface area (Å²) in [6.45, 7) is 0.951. The van der Waals surface area contributed by atoms with Gasteiger partial charge < -0.3 is 9.47 Å². The number of halogens is 2. The summed E-state index contributed by atoms with van der Waals surface area (Å²) >= 11 is 0. The fourth-order valence-corrected chi connectivity index (χ4v) is 2.41. The Morgan fingerprint density at radius 2 is 2.14 bits per heavy atom. The molecule has 0 saturated carbocycles. The molecule has 1 aliphatic rings. The van der Waals surface area contributed by atoms with Gasteiger partial charge >= 0.3 is 5.97 Å². The fraction of sp³-hybridized carbons (Fsp3) is 0.417. The summed E-state index contributed by atoms with van der Waals surface area (Å²) in [6.07, 6.45) is 0.696. The second kappa shape index (κ2) is 6.04. The van der Waals surface area contributed by atoms with Gasteiger partial charge in [-0.2, -0.15) is 0 Å². The molecule has 0 radical (unpaired) electrons. The van der Waals surface area contributed by atoms with Crippen LogP contribution in [0.4, 0.5) is 8.78 Å². The predicted molar refractivity (Wildman–Crippen MR) is 66.9 cm³/mol. The number of ether oxygens (including phenoxy) is 2. The van der Waals surface area contributed by atoms with Gasteiger partial charge in [0.05, 0.1) is 23.7 Å². The van der Waals surface area contributed by atoms with Gasteiger partial charge in [-0.3, -0.25) is 0 Å². The summed E-state index contributed by atoms with van der Waals surface area (Å²) in [5.74, 6) is -4.13. The Hall–Kier alpha value is -1.58. The van der Waals surface area contributed by atoms with E-state index in [-0.39, 0.29) is 12.5 Å². The predicted octanol–water partition coefficient (Wildman–Crippen LogP) is 0.806. The highest BCUT2D eigenvalue weighted by atomic mass is 32.2. The molecule has 0 bridgehead atoms. The van der Waals surface area contributed by atoms with E-state index in [9.17, 15) is 22.0 Å². The van der Waals surface area contributed by atoms with E-state index in [1.807, 2.05) is 0 Å². The van der Waals surface area contributed by atoms with Crippen molar-refractivity contribution in [1.29, 1.82) is 0 Å². The second-order valence-electron chi connectivity index (χ2n) is 4.64. The quantitative estimate of drug-likeness (QED) is 0.828. The van der Waals surface area contributed by atoms with Crippen molar-refractivity contribution in [2.75, 3.05) is 19.8 Å². The molecule has 0 aromatic heterocycles. The van der Waals surface area contributed by atoms with Gasteiger partial charge in [0.1, 0.15) is 0 Å². The van der Waals surface area contributed by atoms with Crippen molar-refractivity contribution in [3.63, 3.8) is 0 Å². The first-order valence-corrected chi connectivity index (χ1v) is 7.60. The number of nitrogens with two attached hydrogens (primary N) is 1. The highest BCUT2D eigenvalue weighted by molar-refractivity contribution is 7.89. The number of carbonyl (C=O) groups is 1. The topological polar surface area (TPSA) is 95.7 Å². The molecule has 9 heteroatoms. The Kier molecular flexibility index (Phi) is 4.55. The number of primary sulfonamides is 1. The molecular weight excluding hydrogens is 308 g/mol. The second-order valence-corrected chi connectivity index (χ2v) is 6.20. The molecule has 0 amide bonds. The Morgan fingerprint density at radius 3 is 2.71 bits per heavy atom. The zero-order valence-corrected chi connectivity index (χ0v) is 11.7. The minimum Gasteiger partial charge on any atom is -0.462 e. The third-order valence-corrected chi connectivity index (χ3v) is 3.92. The van der Waals surface area contributed by atoms with Gasteiger partial charge in [0, 0.05) is 12.5 Å². The van der Waals surface area contributed by atoms with E-state index in [1.54, 1.807) is 0 Å². The number of hydrogen-bond acceptors (Lipinski definition) is 5. The van der Waals surface area contributed by atoms with Crippen LogP contribution in [0.3, 0.4) is 0 Å². The van der Waals surface area contributed by atoms with Gasteiger partial charge in [-0.15, -0.1) is 0 Å². The largest absolute Gasteiger partial charge is 0.462 e. The zero-order valence-electron chi connectivity index (χ0n) is 10.8. The number of benzene rings is 1. The van der Waals surface area contributed by atoms with E-state index in [0.29, 0.717) is 31.8 Å². The lowest BCUT2D eigenvalue weighted by Crippen LogP contribution is -2.18. The molecule has 1 saturated heterocycles. The molecule has 1 fully saturated rings. The molecule has 1 heterocycles. The van der Waals surface area contributed by atoms with E-state index in [1.165, 1.54) is 0 Å². The summed E-state index contributed by atoms with van der Waals surface area (Å²) in [7, 11) is -4.26. The molecule has 21 heavy (non-hydrogen) atoms. The van der Waals surface area contributed by atoms with Gasteiger partial charge in [0.2, 0.25) is 10.0 Å². The lowest BCUT2D eigenvalue weighted by atomic mass is 10.1. The Morgan fingerprint density at radius 1 is 1.43 bits per heavy atom. The minimum absolute atomic E-state index is 0.0109. The standard InChI is InChI=1S/C12H13F2NO5S/c13-10-4-8(21(15,17)18)3-9(11(10)14)12(16)20-6-7-1-2-19-5-7/h3-4,7H,1-2,5-6H2,(H2,15,17,18). The summed E-state index contributed by atoms with van der Waals surface area (Å²) in [5, 5.41) is 4.83. The first-order valence-electron chi connectivity index (χ1n) is 6.05. The normalized spacial score (nSPS) is 18.7. The molecule has 1 aromatic carbocycles. The van der Waals surface area contributed by atoms with Crippen LogP contribution in [0.5, 0.6) is 0 Å². The van der Waals surface area contributed by atoms with Crippen molar-refractivity contribution in [2.45, 2.75) is 11.3 Å². The van der Waals surface area contributed by atoms with Crippen LogP contribution >= 0.6 is 0 Å². The van der Waals surface area contributed by atoms with Gasteiger partial charge in [-0.25, -0.2) is 27.1 Å². The van der Waals surface area contributed by atoms with E-state index in [4.69, 9.17) is 14.6 Å². The summed E-state index contributed by atoms with van der Waals surface area (Å²) < 4.78 is 59.2. The van der Waals surface area contributed by atoms with Gasteiger partial charge in [-0.05, 0) is 18.6 Å². The number of hydrogen-bond donors (Lipinski definition) is 1. The number of sulfonamides is 1. The van der Waals surface area contributed by atoms with Crippen molar-refractivity contribution in [3.05, 3.63) is 29.3 Å². The molecule has 0 aliphatic carbocycles. The zero-order chi connectivity index (χ0) is 15.6. The molecule has 116 valence electrons. The van der Waals surface area contributed by atoms with Crippen LogP contribution in [0.2, 0.25) is 0 Å². The van der Waals surface area contributed by atoms with E-state index < -0.39 is 38.1 Å². The summed E-state index contributed by atoms with van der Waals surface area (Å²) in [5.41, 5.74) is -0.807. The van der Waals surface area contributed by atoms with Crippen LogP contribution in [0.25, 0.3) is 0 Å². The third kappa shape index (κ3) is 3.74. The van der Waals surface area contributed by atoms with Crippen molar-refractivity contribution >= 4 is 16.0 Å². The fourth-order valence-electron chi connectivity index (χ4n) is 1.86. The minimum atomic E-state index is -4.26. The molecular formula is C12H13F2NO5S. The van der Waals surface area contributed by atoms with Crippen LogP contribution < -0.4 is 5.14 Å². The highest BCUT2D eigenvalue weighted by Gasteiger charge is 2.24. The van der Waals surface area contributed by atoms with E-state index in [0.717, 1.165) is 0 Å². The van der Waals surface area contributed by atoms with Crippen LogP contribution in [-0.2, 0) is 19.5 Å². The molecule has 1 atom stereocenters. The molecule has 0 spiro atoms. The van der Waals surface area contributed by atoms with Gasteiger partial charge in [-0.1, -0.05) is 0 Å². The Balaban J connectivity index is 2.21. The maximum Gasteiger partial charge on any atom is 0.341 e. The van der Waals surface area contributed by atoms with Crippen molar-refractivity contribution in [2.24, 2.45) is 11.1 Å². The molecule has 1 unspecified atom stereocenters. The highest BCUT2D eigenvalue weighted by Crippen LogP contribution is 2.20. The lowest BCUT2D eigenvalue weighted by molar-refractivity contribution is 0.0421. The van der Waals surface area contributed by atoms with Gasteiger partial charge in [0.15, 0.2) is 11.6 Å². The molecule has 6 nitrogen and oxygen atoms in total. The van der Waals surface area contributed by atoms with Crippen LogP contribution in [0.1, 0.15) is 16.8 Å². The summed E-state index contributed by atoms with van der Waals surface area (Å²) in [4.78, 5) is 11.1. The molecule has 1 aromatic rings. The number of esters is 1. The lowest BCUT2D eigenvalue weighted by Gasteiger charge is -2.10. The first kappa shape index (κ1) is 15.8. The van der Waals surface area contributed by atoms with E-state index >= 15 is 0 Å². The maximum atomic E-state index is 13.6. The maximum absolute atomic E-state index is 13.6. The Bertz CT molecular complexity index is 656. The first-order chi connectivity index (χ1) is 9.79. The SMILES string of the molecule is NS(=O)(=O)c1cc(F)c(F)c(C(=O)OCC2CCOC2)c1. The monoisotopic (exact) mass is 321 g/mol. The smallest absolute Gasteiger partial charge is 0.341 e. The summed E-state index contributed by atoms with van der Waals surface area (Å²) in [6, 6.07) is 1.06. The van der Waals surface area contributed by atoms with Crippen LogP contribution in [-0.4, -0.2) is 34.2 Å². The van der Waals surface area contributed by atoms with E-state index in [2.05, 4.69) is 0 Å². The van der Waals surface area contributed by atoms with Crippen LogP contribution in [0.15, 0.2) is 17.0 Å². The average molecular weight is 321 g/mol. The van der Waals surface area contributed by atoms with Gasteiger partial charge in [0.25, 0.3) is 0 Å². The molecule has 2 N–H and O–H groups in total. The third-order valence-electron chi connectivity index (χ3n) is 3.02. The molecule has 1 aliphatic heterocycles. The average Bonchev–Trinajstić information content (AvgIpc) is 2.91. The van der Waals surface area contributed by atoms with Crippen molar-refractivity contribution in [3.8, 4) is 0 Å².